The minimum atomic E-state index is -4.26. The molecule has 0 aliphatic rings. The van der Waals surface area contributed by atoms with Crippen LogP contribution in [0.2, 0.25) is 0 Å². The van der Waals surface area contributed by atoms with Crippen molar-refractivity contribution in [3.63, 3.8) is 0 Å². The predicted molar refractivity (Wildman–Crippen MR) is 210 cm³/mol. The number of hydrogen-bond donors (Lipinski definition) is 2. The van der Waals surface area contributed by atoms with Gasteiger partial charge in [0.05, 0.1) is 19.8 Å². The van der Waals surface area contributed by atoms with Crippen LogP contribution in [-0.4, -0.2) is 49.9 Å². The molecule has 0 aromatic rings. The maximum atomic E-state index is 12.5. The molecule has 0 heterocycles. The monoisotopic (exact) mass is 732 g/mol. The van der Waals surface area contributed by atoms with Gasteiger partial charge >= 0.3 is 13.8 Å². The Morgan fingerprint density at radius 2 is 1.00 bits per heavy atom. The molecule has 50 heavy (non-hydrogen) atoms. The van der Waals surface area contributed by atoms with Gasteiger partial charge < -0.3 is 20.1 Å². The van der Waals surface area contributed by atoms with Gasteiger partial charge in [-0.3, -0.25) is 13.8 Å². The van der Waals surface area contributed by atoms with Crippen molar-refractivity contribution in [3.8, 4) is 0 Å². The van der Waals surface area contributed by atoms with E-state index in [-0.39, 0.29) is 32.3 Å². The van der Waals surface area contributed by atoms with E-state index in [4.69, 9.17) is 24.3 Å². The lowest BCUT2D eigenvalue weighted by Crippen LogP contribution is -2.28. The lowest BCUT2D eigenvalue weighted by atomic mass is 10.0. The van der Waals surface area contributed by atoms with Crippen LogP contribution >= 0.6 is 7.82 Å². The minimum Gasteiger partial charge on any atom is -0.457 e. The van der Waals surface area contributed by atoms with E-state index in [0.29, 0.717) is 13.0 Å². The molecular formula is C41H82NO7P. The summed E-state index contributed by atoms with van der Waals surface area (Å²) in [6.45, 7) is 4.90. The highest BCUT2D eigenvalue weighted by atomic mass is 31.2. The molecule has 0 radical (unpaired) electrons. The third-order valence-corrected chi connectivity index (χ3v) is 10.2. The number of ether oxygens (including phenoxy) is 2. The Morgan fingerprint density at radius 1 is 0.580 bits per heavy atom. The highest BCUT2D eigenvalue weighted by Crippen LogP contribution is 2.43. The molecule has 0 saturated carbocycles. The van der Waals surface area contributed by atoms with Crippen LogP contribution in [0.25, 0.3) is 0 Å². The van der Waals surface area contributed by atoms with Crippen molar-refractivity contribution in [2.24, 2.45) is 5.73 Å². The highest BCUT2D eigenvalue weighted by Gasteiger charge is 2.25. The normalized spacial score (nSPS) is 13.6. The Labute approximate surface area is 309 Å². The molecule has 0 aromatic heterocycles. The first-order valence-corrected chi connectivity index (χ1v) is 22.7. The van der Waals surface area contributed by atoms with Crippen LogP contribution in [0, 0.1) is 0 Å². The summed E-state index contributed by atoms with van der Waals surface area (Å²) in [6.07, 6.45) is 41.2. The van der Waals surface area contributed by atoms with Gasteiger partial charge in [-0.25, -0.2) is 4.57 Å². The van der Waals surface area contributed by atoms with Gasteiger partial charge in [0.25, 0.3) is 0 Å². The van der Waals surface area contributed by atoms with E-state index in [0.717, 1.165) is 32.1 Å². The van der Waals surface area contributed by atoms with Crippen LogP contribution < -0.4 is 5.73 Å². The zero-order valence-corrected chi connectivity index (χ0v) is 33.8. The largest absolute Gasteiger partial charge is 0.472 e. The lowest BCUT2D eigenvalue weighted by molar-refractivity contribution is -0.154. The number of unbranched alkanes of at least 4 members (excludes halogenated alkanes) is 26. The quantitative estimate of drug-likeness (QED) is 0.0276. The Balaban J connectivity index is 3.77. The van der Waals surface area contributed by atoms with Crippen LogP contribution in [0.15, 0.2) is 12.2 Å². The van der Waals surface area contributed by atoms with Crippen molar-refractivity contribution in [3.05, 3.63) is 12.2 Å². The van der Waals surface area contributed by atoms with E-state index in [2.05, 4.69) is 26.0 Å². The number of carbonyl (C=O) groups excluding carboxylic acids is 1. The van der Waals surface area contributed by atoms with E-state index >= 15 is 0 Å². The van der Waals surface area contributed by atoms with E-state index in [1.807, 2.05) is 0 Å². The second-order valence-electron chi connectivity index (χ2n) is 14.2. The van der Waals surface area contributed by atoms with E-state index in [9.17, 15) is 14.3 Å². The van der Waals surface area contributed by atoms with Crippen molar-refractivity contribution in [1.29, 1.82) is 0 Å². The molecule has 2 unspecified atom stereocenters. The minimum absolute atomic E-state index is 0.0926. The van der Waals surface area contributed by atoms with Crippen LogP contribution in [0.4, 0.5) is 0 Å². The summed E-state index contributed by atoms with van der Waals surface area (Å²) >= 11 is 0. The molecule has 0 fully saturated rings. The fourth-order valence-electron chi connectivity index (χ4n) is 6.05. The molecule has 0 aromatic carbocycles. The number of rotatable bonds is 41. The number of hydrogen-bond acceptors (Lipinski definition) is 7. The summed E-state index contributed by atoms with van der Waals surface area (Å²) < 4.78 is 33.1. The molecule has 3 N–H and O–H groups in total. The van der Waals surface area contributed by atoms with Crippen molar-refractivity contribution >= 4 is 13.8 Å². The van der Waals surface area contributed by atoms with E-state index < -0.39 is 13.9 Å². The summed E-state index contributed by atoms with van der Waals surface area (Å²) in [7, 11) is -4.26. The lowest BCUT2D eigenvalue weighted by Gasteiger charge is -2.20. The number of phosphoric ester groups is 1. The number of allylic oxidation sites excluding steroid dienone is 2. The standard InChI is InChI=1S/C41H82NO7P/c1-3-5-7-9-11-12-13-14-15-16-17-18-19-20-21-22-23-24-25-26-27-28-29-30-32-34-41(43)49-40(39-48-50(44,45)47-37-35-42)38-46-36-33-31-10-8-6-4-2/h16-17,40H,3-15,18-39,42H2,1-2H3,(H,44,45)/b17-16-. The molecule has 0 amide bonds. The molecule has 0 saturated heterocycles. The third kappa shape index (κ3) is 38.5. The summed E-state index contributed by atoms with van der Waals surface area (Å²) in [4.78, 5) is 22.3. The van der Waals surface area contributed by atoms with Crippen molar-refractivity contribution in [2.75, 3.05) is 33.0 Å². The van der Waals surface area contributed by atoms with Crippen molar-refractivity contribution in [2.45, 2.75) is 213 Å². The second kappa shape index (κ2) is 39.4. The third-order valence-electron chi connectivity index (χ3n) is 9.18. The average molecular weight is 732 g/mol. The highest BCUT2D eigenvalue weighted by molar-refractivity contribution is 7.47. The number of carbonyl (C=O) groups is 1. The molecular weight excluding hydrogens is 649 g/mol. The number of nitrogens with two attached hydrogens (primary N) is 1. The first-order chi connectivity index (χ1) is 24.4. The van der Waals surface area contributed by atoms with Gasteiger partial charge in [-0.2, -0.15) is 0 Å². The van der Waals surface area contributed by atoms with Gasteiger partial charge in [0, 0.05) is 19.6 Å². The molecule has 9 heteroatoms. The molecule has 0 rings (SSSR count). The Bertz CT molecular complexity index is 782. The van der Waals surface area contributed by atoms with Gasteiger partial charge in [0.2, 0.25) is 0 Å². The van der Waals surface area contributed by atoms with Gasteiger partial charge in [0.1, 0.15) is 6.10 Å². The maximum Gasteiger partial charge on any atom is 0.472 e. The molecule has 0 aliphatic carbocycles. The predicted octanol–water partition coefficient (Wildman–Crippen LogP) is 12.3. The fraction of sp³-hybridized carbons (Fsp3) is 0.927. The zero-order valence-electron chi connectivity index (χ0n) is 32.9. The molecule has 8 nitrogen and oxygen atoms in total. The molecule has 2 atom stereocenters. The fourth-order valence-corrected chi connectivity index (χ4v) is 6.82. The smallest absolute Gasteiger partial charge is 0.457 e. The SMILES string of the molecule is CCCCCCCCCC/C=C\CCCCCCCCCCCCCCCC(=O)OC(COCCCCCCCC)COP(=O)(O)OCCN. The van der Waals surface area contributed by atoms with Crippen LogP contribution in [0.5, 0.6) is 0 Å². The number of esters is 1. The van der Waals surface area contributed by atoms with Crippen LogP contribution in [0.1, 0.15) is 206 Å². The molecule has 0 bridgehead atoms. The average Bonchev–Trinajstić information content (AvgIpc) is 3.10. The summed E-state index contributed by atoms with van der Waals surface area (Å²) in [5.74, 6) is -0.331. The summed E-state index contributed by atoms with van der Waals surface area (Å²) in [5.41, 5.74) is 5.34. The topological polar surface area (TPSA) is 117 Å². The Kier molecular flexibility index (Phi) is 38.8. The van der Waals surface area contributed by atoms with E-state index in [1.54, 1.807) is 0 Å². The van der Waals surface area contributed by atoms with Gasteiger partial charge in [-0.1, -0.05) is 174 Å². The second-order valence-corrected chi connectivity index (χ2v) is 15.7. The van der Waals surface area contributed by atoms with Gasteiger partial charge in [-0.15, -0.1) is 0 Å². The summed E-state index contributed by atoms with van der Waals surface area (Å²) in [5, 5.41) is 0. The van der Waals surface area contributed by atoms with Crippen molar-refractivity contribution < 1.29 is 32.8 Å². The van der Waals surface area contributed by atoms with Gasteiger partial charge in [0.15, 0.2) is 0 Å². The molecule has 298 valence electrons. The first-order valence-electron chi connectivity index (χ1n) is 21.2. The first kappa shape index (κ1) is 49.2. The zero-order chi connectivity index (χ0) is 36.6. The van der Waals surface area contributed by atoms with Gasteiger partial charge in [-0.05, 0) is 38.5 Å². The Hall–Kier alpha value is -0.760. The Morgan fingerprint density at radius 3 is 1.46 bits per heavy atom. The maximum absolute atomic E-state index is 12.5. The van der Waals surface area contributed by atoms with Crippen LogP contribution in [0.3, 0.4) is 0 Å². The van der Waals surface area contributed by atoms with Crippen LogP contribution in [-0.2, 0) is 27.9 Å². The van der Waals surface area contributed by atoms with Crippen molar-refractivity contribution in [1.82, 2.24) is 0 Å². The molecule has 0 aliphatic heterocycles. The number of phosphoric acid groups is 1. The molecule has 0 spiro atoms. The summed E-state index contributed by atoms with van der Waals surface area (Å²) in [6, 6.07) is 0. The van der Waals surface area contributed by atoms with E-state index in [1.165, 1.54) is 154 Å².